The standard InChI is InChI=1S/C9H16N4O2/c1-5(2)6(3-14)13-8-7(10)9(15)12-4-11-8/h4-6,14H,3,10H2,1-2H3,(H2,11,12,13,15)/t6-/m1/s1. The summed E-state index contributed by atoms with van der Waals surface area (Å²) in [6, 6.07) is -0.165. The number of hydrogen-bond donors (Lipinski definition) is 4. The average molecular weight is 212 g/mol. The van der Waals surface area contributed by atoms with Crippen molar-refractivity contribution in [3.8, 4) is 0 Å². The Morgan fingerprint density at radius 1 is 1.67 bits per heavy atom. The zero-order chi connectivity index (χ0) is 11.4. The van der Waals surface area contributed by atoms with Gasteiger partial charge in [-0.2, -0.15) is 0 Å². The van der Waals surface area contributed by atoms with Gasteiger partial charge >= 0.3 is 0 Å². The molecule has 0 aliphatic rings. The fraction of sp³-hybridized carbons (Fsp3) is 0.556. The number of nitrogens with one attached hydrogen (secondary N) is 2. The molecule has 0 bridgehead atoms. The minimum atomic E-state index is -0.382. The molecule has 5 N–H and O–H groups in total. The SMILES string of the molecule is CC(C)[C@@H](CO)Nc1nc[nH]c(=O)c1N. The van der Waals surface area contributed by atoms with Crippen LogP contribution in [0.5, 0.6) is 0 Å². The molecule has 0 saturated carbocycles. The molecule has 1 aromatic rings. The number of nitrogen functional groups attached to an aromatic ring is 1. The van der Waals surface area contributed by atoms with Crippen molar-refractivity contribution in [2.24, 2.45) is 5.92 Å². The van der Waals surface area contributed by atoms with Crippen LogP contribution in [-0.4, -0.2) is 27.7 Å². The van der Waals surface area contributed by atoms with Gasteiger partial charge < -0.3 is 21.1 Å². The normalized spacial score (nSPS) is 12.8. The summed E-state index contributed by atoms with van der Waals surface area (Å²) in [5.74, 6) is 0.530. The van der Waals surface area contributed by atoms with E-state index in [2.05, 4.69) is 15.3 Å². The second-order valence-corrected chi connectivity index (χ2v) is 3.67. The number of anilines is 2. The molecule has 0 saturated heterocycles. The molecule has 1 rings (SSSR count). The fourth-order valence-electron chi connectivity index (χ4n) is 1.12. The van der Waals surface area contributed by atoms with Gasteiger partial charge in [-0.15, -0.1) is 0 Å². The molecule has 1 aromatic heterocycles. The summed E-state index contributed by atoms with van der Waals surface area (Å²) in [5, 5.41) is 12.0. The van der Waals surface area contributed by atoms with E-state index in [9.17, 15) is 4.79 Å². The summed E-state index contributed by atoms with van der Waals surface area (Å²) in [5.41, 5.74) is 5.19. The van der Waals surface area contributed by atoms with E-state index >= 15 is 0 Å². The number of nitrogens with zero attached hydrogens (tertiary/aromatic N) is 1. The Hall–Kier alpha value is -1.56. The van der Waals surface area contributed by atoms with Gasteiger partial charge in [0.15, 0.2) is 5.82 Å². The molecule has 0 amide bonds. The first kappa shape index (κ1) is 11.5. The van der Waals surface area contributed by atoms with Crippen LogP contribution >= 0.6 is 0 Å². The highest BCUT2D eigenvalue weighted by molar-refractivity contribution is 5.59. The smallest absolute Gasteiger partial charge is 0.276 e. The molecular weight excluding hydrogens is 196 g/mol. The Kier molecular flexibility index (Phi) is 3.68. The number of hydrogen-bond acceptors (Lipinski definition) is 5. The lowest BCUT2D eigenvalue weighted by molar-refractivity contribution is 0.249. The molecule has 0 aliphatic carbocycles. The van der Waals surface area contributed by atoms with Crippen molar-refractivity contribution in [2.45, 2.75) is 19.9 Å². The maximum Gasteiger partial charge on any atom is 0.276 e. The largest absolute Gasteiger partial charge is 0.394 e. The monoisotopic (exact) mass is 212 g/mol. The topological polar surface area (TPSA) is 104 Å². The zero-order valence-electron chi connectivity index (χ0n) is 8.82. The maximum absolute atomic E-state index is 11.2. The lowest BCUT2D eigenvalue weighted by atomic mass is 10.1. The number of aliphatic hydroxyl groups is 1. The number of rotatable bonds is 4. The third-order valence-electron chi connectivity index (χ3n) is 2.21. The number of aromatic nitrogens is 2. The van der Waals surface area contributed by atoms with Crippen molar-refractivity contribution in [1.29, 1.82) is 0 Å². The van der Waals surface area contributed by atoms with Gasteiger partial charge in [-0.25, -0.2) is 4.98 Å². The minimum absolute atomic E-state index is 0.0361. The summed E-state index contributed by atoms with van der Waals surface area (Å²) in [7, 11) is 0. The van der Waals surface area contributed by atoms with Crippen LogP contribution in [-0.2, 0) is 0 Å². The summed E-state index contributed by atoms with van der Waals surface area (Å²) >= 11 is 0. The molecule has 0 aromatic carbocycles. The Morgan fingerprint density at radius 3 is 2.87 bits per heavy atom. The van der Waals surface area contributed by atoms with E-state index in [1.807, 2.05) is 13.8 Å². The lowest BCUT2D eigenvalue weighted by Gasteiger charge is -2.20. The molecule has 1 atom stereocenters. The molecule has 6 heteroatoms. The van der Waals surface area contributed by atoms with Crippen molar-refractivity contribution in [3.05, 3.63) is 16.7 Å². The van der Waals surface area contributed by atoms with Crippen molar-refractivity contribution < 1.29 is 5.11 Å². The van der Waals surface area contributed by atoms with Crippen LogP contribution in [0.15, 0.2) is 11.1 Å². The number of aromatic amines is 1. The quantitative estimate of drug-likeness (QED) is 0.552. The van der Waals surface area contributed by atoms with Gasteiger partial charge in [0.05, 0.1) is 19.0 Å². The molecule has 84 valence electrons. The molecule has 0 spiro atoms. The van der Waals surface area contributed by atoms with Gasteiger partial charge in [0.2, 0.25) is 0 Å². The molecule has 0 unspecified atom stereocenters. The van der Waals surface area contributed by atoms with Crippen LogP contribution in [0.3, 0.4) is 0 Å². The number of nitrogens with two attached hydrogens (primary N) is 1. The van der Waals surface area contributed by atoms with Gasteiger partial charge in [-0.1, -0.05) is 13.8 Å². The highest BCUT2D eigenvalue weighted by Crippen LogP contribution is 2.12. The van der Waals surface area contributed by atoms with Crippen molar-refractivity contribution in [1.82, 2.24) is 9.97 Å². The van der Waals surface area contributed by atoms with E-state index in [-0.39, 0.29) is 29.8 Å². The van der Waals surface area contributed by atoms with Gasteiger partial charge in [0.25, 0.3) is 5.56 Å². The van der Waals surface area contributed by atoms with Crippen molar-refractivity contribution in [2.75, 3.05) is 17.7 Å². The minimum Gasteiger partial charge on any atom is -0.394 e. The molecular formula is C9H16N4O2. The lowest BCUT2D eigenvalue weighted by Crippen LogP contribution is -2.31. The van der Waals surface area contributed by atoms with Gasteiger partial charge in [0.1, 0.15) is 5.69 Å². The average Bonchev–Trinajstić information content (AvgIpc) is 2.19. The van der Waals surface area contributed by atoms with Gasteiger partial charge in [-0.05, 0) is 5.92 Å². The Bertz CT molecular complexity index is 375. The molecule has 15 heavy (non-hydrogen) atoms. The van der Waals surface area contributed by atoms with Crippen LogP contribution in [0.2, 0.25) is 0 Å². The first-order valence-electron chi connectivity index (χ1n) is 4.76. The predicted octanol–water partition coefficient (Wildman–Crippen LogP) is -0.219. The van der Waals surface area contributed by atoms with E-state index in [0.29, 0.717) is 5.82 Å². The van der Waals surface area contributed by atoms with Crippen LogP contribution in [0, 0.1) is 5.92 Å². The van der Waals surface area contributed by atoms with E-state index < -0.39 is 0 Å². The first-order chi connectivity index (χ1) is 7.06. The summed E-state index contributed by atoms with van der Waals surface area (Å²) in [4.78, 5) is 17.4. The third-order valence-corrected chi connectivity index (χ3v) is 2.21. The predicted molar refractivity (Wildman–Crippen MR) is 58.6 cm³/mol. The Morgan fingerprint density at radius 2 is 2.33 bits per heavy atom. The fourth-order valence-corrected chi connectivity index (χ4v) is 1.12. The van der Waals surface area contributed by atoms with E-state index in [0.717, 1.165) is 0 Å². The van der Waals surface area contributed by atoms with E-state index in [4.69, 9.17) is 10.8 Å². The summed E-state index contributed by atoms with van der Waals surface area (Å²) in [6.45, 7) is 3.88. The van der Waals surface area contributed by atoms with Crippen LogP contribution < -0.4 is 16.6 Å². The second-order valence-electron chi connectivity index (χ2n) is 3.67. The van der Waals surface area contributed by atoms with Crippen molar-refractivity contribution >= 4 is 11.5 Å². The molecule has 0 aliphatic heterocycles. The number of H-pyrrole nitrogens is 1. The third kappa shape index (κ3) is 2.69. The van der Waals surface area contributed by atoms with Crippen LogP contribution in [0.25, 0.3) is 0 Å². The van der Waals surface area contributed by atoms with Gasteiger partial charge in [0, 0.05) is 0 Å². The highest BCUT2D eigenvalue weighted by atomic mass is 16.3. The maximum atomic E-state index is 11.2. The molecule has 1 heterocycles. The van der Waals surface area contributed by atoms with E-state index in [1.165, 1.54) is 6.33 Å². The number of aliphatic hydroxyl groups excluding tert-OH is 1. The van der Waals surface area contributed by atoms with Gasteiger partial charge in [-0.3, -0.25) is 4.79 Å². The molecule has 6 nitrogen and oxygen atoms in total. The Balaban J connectivity index is 2.88. The summed E-state index contributed by atoms with van der Waals surface area (Å²) in [6.07, 6.45) is 1.27. The second kappa shape index (κ2) is 4.79. The van der Waals surface area contributed by atoms with Crippen LogP contribution in [0.1, 0.15) is 13.8 Å². The molecule has 0 radical (unpaired) electrons. The Labute approximate surface area is 87.5 Å². The highest BCUT2D eigenvalue weighted by Gasteiger charge is 2.14. The van der Waals surface area contributed by atoms with Crippen molar-refractivity contribution in [3.63, 3.8) is 0 Å². The molecule has 0 fully saturated rings. The van der Waals surface area contributed by atoms with E-state index in [1.54, 1.807) is 0 Å². The first-order valence-corrected chi connectivity index (χ1v) is 4.76. The van der Waals surface area contributed by atoms with Crippen LogP contribution in [0.4, 0.5) is 11.5 Å². The zero-order valence-corrected chi connectivity index (χ0v) is 8.82. The summed E-state index contributed by atoms with van der Waals surface area (Å²) < 4.78 is 0.